The molecule has 1 fully saturated rings. The van der Waals surface area contributed by atoms with Crippen LogP contribution in [-0.4, -0.2) is 39.0 Å². The van der Waals surface area contributed by atoms with Gasteiger partial charge in [-0.1, -0.05) is 0 Å². The Kier molecular flexibility index (Phi) is 6.17. The first-order chi connectivity index (χ1) is 13.7. The zero-order chi connectivity index (χ0) is 22.5. The summed E-state index contributed by atoms with van der Waals surface area (Å²) in [7, 11) is 0. The van der Waals surface area contributed by atoms with E-state index < -0.39 is 44.8 Å². The van der Waals surface area contributed by atoms with E-state index in [1.165, 1.54) is 6.07 Å². The van der Waals surface area contributed by atoms with Gasteiger partial charge in [0.15, 0.2) is 0 Å². The zero-order valence-electron chi connectivity index (χ0n) is 18.6. The molecule has 1 aliphatic heterocycles. The van der Waals surface area contributed by atoms with Crippen molar-refractivity contribution in [1.82, 2.24) is 9.62 Å². The second-order valence-electron chi connectivity index (χ2n) is 10.4. The Morgan fingerprint density at radius 2 is 1.80 bits per heavy atom. The molecule has 1 heterocycles. The smallest absolute Gasteiger partial charge is 0.410 e. The van der Waals surface area contributed by atoms with Gasteiger partial charge in [-0.3, -0.25) is 0 Å². The molecule has 1 amide bonds. The summed E-state index contributed by atoms with van der Waals surface area (Å²) in [4.78, 5) is 14.1. The first-order valence-electron chi connectivity index (χ1n) is 10.4. The fourth-order valence-corrected chi connectivity index (χ4v) is 5.19. The van der Waals surface area contributed by atoms with E-state index in [0.717, 1.165) is 6.07 Å². The largest absolute Gasteiger partial charge is 0.598 e. The van der Waals surface area contributed by atoms with Crippen LogP contribution in [0.4, 0.5) is 13.6 Å². The highest BCUT2D eigenvalue weighted by Gasteiger charge is 2.52. The summed E-state index contributed by atoms with van der Waals surface area (Å²) in [5.74, 6) is -1.20. The Hall–Kier alpha value is -1.38. The molecule has 0 saturated carbocycles. The third-order valence-electron chi connectivity index (χ3n) is 5.84. The molecule has 0 aromatic heterocycles. The Bertz CT molecular complexity index is 812. The minimum absolute atomic E-state index is 0.368. The number of fused-ring (bicyclic) bond motifs is 1. The lowest BCUT2D eigenvalue weighted by molar-refractivity contribution is 0.00710. The molecule has 3 rings (SSSR count). The topological polar surface area (TPSA) is 64.6 Å². The Labute approximate surface area is 180 Å². The van der Waals surface area contributed by atoms with Crippen molar-refractivity contribution in [3.8, 4) is 0 Å². The van der Waals surface area contributed by atoms with Crippen LogP contribution >= 0.6 is 0 Å². The summed E-state index contributed by atoms with van der Waals surface area (Å²) in [5.41, 5.74) is 0.00180. The second-order valence-corrected chi connectivity index (χ2v) is 12.4. The van der Waals surface area contributed by atoms with Crippen molar-refractivity contribution >= 4 is 17.5 Å². The van der Waals surface area contributed by atoms with Crippen LogP contribution in [0.25, 0.3) is 0 Å². The molecule has 2 aliphatic rings. The van der Waals surface area contributed by atoms with E-state index in [0.29, 0.717) is 43.5 Å². The van der Waals surface area contributed by atoms with Gasteiger partial charge in [-0.15, -0.1) is 4.72 Å². The highest BCUT2D eigenvalue weighted by Crippen LogP contribution is 2.53. The fraction of sp³-hybridized carbons (Fsp3) is 0.682. The van der Waals surface area contributed by atoms with E-state index in [1.54, 1.807) is 4.90 Å². The number of benzene rings is 1. The first kappa shape index (κ1) is 23.3. The van der Waals surface area contributed by atoms with Crippen molar-refractivity contribution < 1.29 is 22.9 Å². The number of halogens is 2. The molecule has 1 aromatic rings. The molecule has 5 nitrogen and oxygen atoms in total. The number of ether oxygens (including phenoxy) is 1. The standard InChI is InChI=1S/C22H32F2N2O3S/c1-20(2,3)29-19(27)26-9-7-22(8-10-26)13-16-15(11-14(23)12-17(16)24)18(22)25-30(28)21(4,5)6/h11-12,18,25H,7-10,13H2,1-6H3/t18-,30-/m1/s1. The molecular formula is C22H32F2N2O3S. The third-order valence-corrected chi connectivity index (χ3v) is 7.40. The van der Waals surface area contributed by atoms with Crippen LogP contribution in [-0.2, 0) is 22.5 Å². The molecule has 30 heavy (non-hydrogen) atoms. The van der Waals surface area contributed by atoms with Crippen LogP contribution in [0.1, 0.15) is 71.6 Å². The molecule has 1 N–H and O–H groups in total. The van der Waals surface area contributed by atoms with Gasteiger partial charge in [-0.25, -0.2) is 13.6 Å². The molecule has 8 heteroatoms. The first-order valence-corrected chi connectivity index (χ1v) is 11.5. The number of nitrogens with zero attached hydrogens (tertiary/aromatic N) is 1. The summed E-state index contributed by atoms with van der Waals surface area (Å²) in [5, 5.41) is 0. The molecule has 0 unspecified atom stereocenters. The summed E-state index contributed by atoms with van der Waals surface area (Å²) in [6.45, 7) is 11.9. The quantitative estimate of drug-likeness (QED) is 0.678. The van der Waals surface area contributed by atoms with Crippen LogP contribution in [0.5, 0.6) is 0 Å². The van der Waals surface area contributed by atoms with E-state index in [4.69, 9.17) is 4.74 Å². The number of amides is 1. The van der Waals surface area contributed by atoms with Gasteiger partial charge in [-0.2, -0.15) is 0 Å². The molecule has 0 radical (unpaired) electrons. The fourth-order valence-electron chi connectivity index (χ4n) is 4.25. The summed E-state index contributed by atoms with van der Waals surface area (Å²) in [6, 6.07) is 1.81. The van der Waals surface area contributed by atoms with Crippen molar-refractivity contribution in [1.29, 1.82) is 0 Å². The number of nitrogens with one attached hydrogen (secondary N) is 1. The van der Waals surface area contributed by atoms with Crippen LogP contribution in [0.15, 0.2) is 12.1 Å². The average molecular weight is 443 g/mol. The maximum atomic E-state index is 14.6. The zero-order valence-corrected chi connectivity index (χ0v) is 19.4. The van der Waals surface area contributed by atoms with Gasteiger partial charge in [0.2, 0.25) is 0 Å². The monoisotopic (exact) mass is 442 g/mol. The Morgan fingerprint density at radius 3 is 2.33 bits per heavy atom. The predicted octanol–water partition coefficient (Wildman–Crippen LogP) is 4.63. The van der Waals surface area contributed by atoms with Gasteiger partial charge in [-0.05, 0) is 78.0 Å². The molecule has 168 valence electrons. The Balaban J connectivity index is 1.86. The lowest BCUT2D eigenvalue weighted by Gasteiger charge is -2.43. The van der Waals surface area contributed by atoms with Crippen LogP contribution in [0, 0.1) is 17.0 Å². The average Bonchev–Trinajstić information content (AvgIpc) is 2.87. The van der Waals surface area contributed by atoms with Crippen molar-refractivity contribution in [2.75, 3.05) is 13.1 Å². The van der Waals surface area contributed by atoms with Crippen LogP contribution in [0.3, 0.4) is 0 Å². The maximum Gasteiger partial charge on any atom is 0.410 e. The van der Waals surface area contributed by atoms with E-state index in [1.807, 2.05) is 41.5 Å². The number of likely N-dealkylation sites (tertiary alicyclic amines) is 1. The number of carbonyl (C=O) groups excluding carboxylic acids is 1. The molecule has 1 saturated heterocycles. The molecule has 1 spiro atoms. The number of carbonyl (C=O) groups is 1. The number of rotatable bonds is 2. The number of hydrogen-bond acceptors (Lipinski definition) is 4. The minimum atomic E-state index is -1.41. The van der Waals surface area contributed by atoms with Crippen molar-refractivity contribution in [2.24, 2.45) is 5.41 Å². The summed E-state index contributed by atoms with van der Waals surface area (Å²) in [6.07, 6.45) is 1.23. The van der Waals surface area contributed by atoms with Crippen molar-refractivity contribution in [3.05, 3.63) is 34.9 Å². The van der Waals surface area contributed by atoms with Gasteiger partial charge >= 0.3 is 6.09 Å². The van der Waals surface area contributed by atoms with Crippen LogP contribution in [0.2, 0.25) is 0 Å². The minimum Gasteiger partial charge on any atom is -0.598 e. The maximum absolute atomic E-state index is 14.6. The highest BCUT2D eigenvalue weighted by molar-refractivity contribution is 7.90. The van der Waals surface area contributed by atoms with E-state index in [9.17, 15) is 18.1 Å². The van der Waals surface area contributed by atoms with Crippen LogP contribution < -0.4 is 4.72 Å². The lowest BCUT2D eigenvalue weighted by atomic mass is 9.73. The van der Waals surface area contributed by atoms with Gasteiger partial charge in [0, 0.05) is 35.9 Å². The van der Waals surface area contributed by atoms with Crippen molar-refractivity contribution in [3.63, 3.8) is 0 Å². The predicted molar refractivity (Wildman–Crippen MR) is 113 cm³/mol. The summed E-state index contributed by atoms with van der Waals surface area (Å²) < 4.78 is 49.6. The van der Waals surface area contributed by atoms with E-state index in [2.05, 4.69) is 4.72 Å². The molecular weight excluding hydrogens is 410 g/mol. The molecule has 1 aliphatic carbocycles. The van der Waals surface area contributed by atoms with E-state index in [-0.39, 0.29) is 6.09 Å². The lowest BCUT2D eigenvalue weighted by Crippen LogP contribution is -2.51. The number of hydrogen-bond donors (Lipinski definition) is 1. The second kappa shape index (κ2) is 7.95. The SMILES string of the molecule is CC(C)(C)OC(=O)N1CCC2(CC1)Cc1c(F)cc(F)cc1[C@H]2N[S@+]([O-])C(C)(C)C. The third kappa shape index (κ3) is 4.75. The van der Waals surface area contributed by atoms with Gasteiger partial charge < -0.3 is 14.2 Å². The number of piperidine rings is 1. The van der Waals surface area contributed by atoms with E-state index >= 15 is 0 Å². The van der Waals surface area contributed by atoms with Gasteiger partial charge in [0.05, 0.1) is 6.04 Å². The normalized spacial score (nSPS) is 22.2. The highest BCUT2D eigenvalue weighted by atomic mass is 32.2. The molecule has 1 aromatic carbocycles. The van der Waals surface area contributed by atoms with Gasteiger partial charge in [0.1, 0.15) is 22.0 Å². The molecule has 2 atom stereocenters. The van der Waals surface area contributed by atoms with Gasteiger partial charge in [0.25, 0.3) is 0 Å². The summed E-state index contributed by atoms with van der Waals surface area (Å²) >= 11 is -1.41. The Morgan fingerprint density at radius 1 is 1.20 bits per heavy atom. The molecule has 0 bridgehead atoms. The van der Waals surface area contributed by atoms with Crippen molar-refractivity contribution in [2.45, 2.75) is 77.2 Å².